The van der Waals surface area contributed by atoms with Crippen LogP contribution in [-0.2, 0) is 9.59 Å². The van der Waals surface area contributed by atoms with Crippen LogP contribution in [0.1, 0.15) is 36.7 Å². The Morgan fingerprint density at radius 1 is 1.18 bits per heavy atom. The molecule has 28 heavy (non-hydrogen) atoms. The summed E-state index contributed by atoms with van der Waals surface area (Å²) in [7, 11) is 0. The van der Waals surface area contributed by atoms with Crippen LogP contribution >= 0.6 is 0 Å². The third-order valence-corrected chi connectivity index (χ3v) is 4.83. The number of aliphatic carboxylic acids is 1. The van der Waals surface area contributed by atoms with Crippen LogP contribution in [0.3, 0.4) is 0 Å². The van der Waals surface area contributed by atoms with E-state index in [9.17, 15) is 14.4 Å². The van der Waals surface area contributed by atoms with E-state index in [1.807, 2.05) is 30.3 Å². The van der Waals surface area contributed by atoms with Crippen molar-refractivity contribution in [3.8, 4) is 5.69 Å². The molecule has 1 N–H and O–H groups in total. The maximum atomic E-state index is 12.8. The van der Waals surface area contributed by atoms with E-state index in [0.717, 1.165) is 5.69 Å². The molecule has 2 aromatic rings. The van der Waals surface area contributed by atoms with Crippen LogP contribution in [0.5, 0.6) is 0 Å². The van der Waals surface area contributed by atoms with Crippen molar-refractivity contribution in [2.75, 3.05) is 19.6 Å². The topological polar surface area (TPSA) is 109 Å². The number of hydrogen-bond donors (Lipinski definition) is 1. The van der Waals surface area contributed by atoms with Gasteiger partial charge in [0.2, 0.25) is 5.91 Å². The molecule has 2 heterocycles. The van der Waals surface area contributed by atoms with Gasteiger partial charge in [0.1, 0.15) is 6.54 Å². The fourth-order valence-corrected chi connectivity index (χ4v) is 3.45. The number of nitrogens with zero attached hydrogens (tertiary/aromatic N) is 5. The van der Waals surface area contributed by atoms with Crippen molar-refractivity contribution in [2.24, 2.45) is 0 Å². The zero-order chi connectivity index (χ0) is 20.1. The quantitative estimate of drug-likeness (QED) is 0.828. The Balaban J connectivity index is 1.67. The summed E-state index contributed by atoms with van der Waals surface area (Å²) in [6.07, 6.45) is 3.33. The fraction of sp³-hybridized carbons (Fsp3) is 0.421. The number of hydrogen-bond acceptors (Lipinski definition) is 5. The van der Waals surface area contributed by atoms with Crippen molar-refractivity contribution < 1.29 is 19.5 Å². The largest absolute Gasteiger partial charge is 0.480 e. The zero-order valence-corrected chi connectivity index (χ0v) is 15.7. The number of aromatic nitrogens is 3. The molecule has 1 aliphatic rings. The molecule has 1 aromatic carbocycles. The second kappa shape index (κ2) is 8.64. The first kappa shape index (κ1) is 19.5. The van der Waals surface area contributed by atoms with Gasteiger partial charge in [0.05, 0.1) is 11.9 Å². The predicted octanol–water partition coefficient (Wildman–Crippen LogP) is 1.20. The standard InChI is InChI=1S/C19H23N5O4/c1-14(25)23(13-18(26)27)15-8-5-10-22(11-9-15)19(28)17-12-20-24(21-17)16-6-3-2-4-7-16/h2-4,6-7,12,15H,5,8-11,13H2,1H3,(H,26,27). The first-order chi connectivity index (χ1) is 13.5. The number of carbonyl (C=O) groups excluding carboxylic acids is 2. The Morgan fingerprint density at radius 3 is 2.61 bits per heavy atom. The van der Waals surface area contributed by atoms with Crippen LogP contribution in [-0.4, -0.2) is 73.4 Å². The smallest absolute Gasteiger partial charge is 0.323 e. The molecule has 1 aliphatic heterocycles. The van der Waals surface area contributed by atoms with Gasteiger partial charge in [-0.3, -0.25) is 14.4 Å². The van der Waals surface area contributed by atoms with Crippen LogP contribution < -0.4 is 0 Å². The van der Waals surface area contributed by atoms with Gasteiger partial charge in [0, 0.05) is 26.1 Å². The molecule has 9 heteroatoms. The number of para-hydroxylation sites is 1. The highest BCUT2D eigenvalue weighted by Crippen LogP contribution is 2.18. The van der Waals surface area contributed by atoms with Crippen LogP contribution in [0.25, 0.3) is 5.69 Å². The number of rotatable bonds is 5. The third-order valence-electron chi connectivity index (χ3n) is 4.83. The molecule has 0 bridgehead atoms. The molecule has 1 aromatic heterocycles. The van der Waals surface area contributed by atoms with Gasteiger partial charge in [-0.2, -0.15) is 9.90 Å². The average Bonchev–Trinajstić information content (AvgIpc) is 3.05. The summed E-state index contributed by atoms with van der Waals surface area (Å²) in [5.41, 5.74) is 1.03. The van der Waals surface area contributed by atoms with Crippen LogP contribution in [0.2, 0.25) is 0 Å². The average molecular weight is 385 g/mol. The molecule has 1 unspecified atom stereocenters. The maximum absolute atomic E-state index is 12.8. The van der Waals surface area contributed by atoms with E-state index >= 15 is 0 Å². The first-order valence-electron chi connectivity index (χ1n) is 9.21. The number of carboxylic acid groups (broad SMARTS) is 1. The molecule has 1 atom stereocenters. The molecule has 0 radical (unpaired) electrons. The molecule has 0 aliphatic carbocycles. The van der Waals surface area contributed by atoms with Crippen molar-refractivity contribution in [1.29, 1.82) is 0 Å². The normalized spacial score (nSPS) is 17.0. The Labute approximate surface area is 162 Å². The minimum Gasteiger partial charge on any atom is -0.480 e. The Kier molecular flexibility index (Phi) is 6.03. The van der Waals surface area contributed by atoms with Crippen molar-refractivity contribution in [3.05, 3.63) is 42.2 Å². The summed E-state index contributed by atoms with van der Waals surface area (Å²) in [6.45, 7) is 2.02. The first-order valence-corrected chi connectivity index (χ1v) is 9.21. The summed E-state index contributed by atoms with van der Waals surface area (Å²) in [4.78, 5) is 40.2. The highest BCUT2D eigenvalue weighted by atomic mass is 16.4. The van der Waals surface area contributed by atoms with Gasteiger partial charge in [-0.1, -0.05) is 18.2 Å². The monoisotopic (exact) mass is 385 g/mol. The lowest BCUT2D eigenvalue weighted by Gasteiger charge is -2.28. The molecular weight excluding hydrogens is 362 g/mol. The van der Waals surface area contributed by atoms with E-state index < -0.39 is 5.97 Å². The van der Waals surface area contributed by atoms with Crippen LogP contribution in [0.15, 0.2) is 36.5 Å². The molecule has 9 nitrogen and oxygen atoms in total. The molecule has 2 amide bonds. The minimum atomic E-state index is -1.04. The molecule has 0 saturated carbocycles. The van der Waals surface area contributed by atoms with Gasteiger partial charge in [0.25, 0.3) is 5.91 Å². The molecule has 3 rings (SSSR count). The zero-order valence-electron chi connectivity index (χ0n) is 15.7. The summed E-state index contributed by atoms with van der Waals surface area (Å²) in [5, 5.41) is 17.5. The van der Waals surface area contributed by atoms with Crippen molar-refractivity contribution in [2.45, 2.75) is 32.2 Å². The van der Waals surface area contributed by atoms with Crippen molar-refractivity contribution >= 4 is 17.8 Å². The highest BCUT2D eigenvalue weighted by molar-refractivity contribution is 5.92. The van der Waals surface area contributed by atoms with E-state index in [2.05, 4.69) is 10.2 Å². The lowest BCUT2D eigenvalue weighted by atomic mass is 10.1. The lowest BCUT2D eigenvalue weighted by Crippen LogP contribution is -2.43. The van der Waals surface area contributed by atoms with Crippen LogP contribution in [0, 0.1) is 0 Å². The Bertz CT molecular complexity index is 851. The third kappa shape index (κ3) is 4.54. The van der Waals surface area contributed by atoms with E-state index in [-0.39, 0.29) is 30.1 Å². The summed E-state index contributed by atoms with van der Waals surface area (Å²) >= 11 is 0. The number of carboxylic acids is 1. The summed E-state index contributed by atoms with van der Waals surface area (Å²) in [6, 6.07) is 9.14. The molecule has 148 valence electrons. The Morgan fingerprint density at radius 2 is 1.93 bits per heavy atom. The summed E-state index contributed by atoms with van der Waals surface area (Å²) in [5.74, 6) is -1.52. The second-order valence-electron chi connectivity index (χ2n) is 6.77. The second-order valence-corrected chi connectivity index (χ2v) is 6.77. The van der Waals surface area contributed by atoms with E-state index in [0.29, 0.717) is 32.4 Å². The number of likely N-dealkylation sites (tertiary alicyclic amines) is 1. The Hall–Kier alpha value is -3.23. The molecule has 1 fully saturated rings. The van der Waals surface area contributed by atoms with Gasteiger partial charge >= 0.3 is 5.97 Å². The van der Waals surface area contributed by atoms with E-state index in [1.54, 1.807) is 4.90 Å². The van der Waals surface area contributed by atoms with Crippen molar-refractivity contribution in [1.82, 2.24) is 24.8 Å². The van der Waals surface area contributed by atoms with Gasteiger partial charge in [-0.15, -0.1) is 5.10 Å². The minimum absolute atomic E-state index is 0.189. The highest BCUT2D eigenvalue weighted by Gasteiger charge is 2.28. The van der Waals surface area contributed by atoms with Crippen LogP contribution in [0.4, 0.5) is 0 Å². The number of amides is 2. The number of carbonyl (C=O) groups is 3. The van der Waals surface area contributed by atoms with E-state index in [4.69, 9.17) is 5.11 Å². The van der Waals surface area contributed by atoms with Crippen molar-refractivity contribution in [3.63, 3.8) is 0 Å². The predicted molar refractivity (Wildman–Crippen MR) is 99.9 cm³/mol. The number of benzene rings is 1. The van der Waals surface area contributed by atoms with Gasteiger partial charge in [-0.25, -0.2) is 0 Å². The molecule has 0 spiro atoms. The maximum Gasteiger partial charge on any atom is 0.323 e. The lowest BCUT2D eigenvalue weighted by molar-refractivity contribution is -0.145. The fourth-order valence-electron chi connectivity index (χ4n) is 3.45. The molecular formula is C19H23N5O4. The summed E-state index contributed by atoms with van der Waals surface area (Å²) < 4.78 is 0. The van der Waals surface area contributed by atoms with Gasteiger partial charge in [0.15, 0.2) is 5.69 Å². The van der Waals surface area contributed by atoms with Gasteiger partial charge in [-0.05, 0) is 31.4 Å². The van der Waals surface area contributed by atoms with Gasteiger partial charge < -0.3 is 14.9 Å². The molecule has 1 saturated heterocycles. The van der Waals surface area contributed by atoms with E-state index in [1.165, 1.54) is 22.8 Å². The SMILES string of the molecule is CC(=O)N(CC(=O)O)C1CCCN(C(=O)c2cnn(-c3ccccc3)n2)CC1.